The number of hydrogen-bond acceptors (Lipinski definition) is 6. The van der Waals surface area contributed by atoms with Gasteiger partial charge in [-0.15, -0.1) is 23.7 Å². The van der Waals surface area contributed by atoms with Crippen molar-refractivity contribution in [2.75, 3.05) is 12.4 Å². The number of thiazole rings is 1. The van der Waals surface area contributed by atoms with Crippen LogP contribution in [0.15, 0.2) is 17.6 Å². The predicted octanol–water partition coefficient (Wildman–Crippen LogP) is 2.41. The van der Waals surface area contributed by atoms with Gasteiger partial charge in [0.05, 0.1) is 12.8 Å². The van der Waals surface area contributed by atoms with Crippen LogP contribution < -0.4 is 11.1 Å². The van der Waals surface area contributed by atoms with Gasteiger partial charge in [-0.3, -0.25) is 4.79 Å². The first-order chi connectivity index (χ1) is 10.5. The van der Waals surface area contributed by atoms with E-state index in [1.54, 1.807) is 12.3 Å². The molecule has 0 aliphatic heterocycles. The van der Waals surface area contributed by atoms with E-state index in [-0.39, 0.29) is 24.4 Å². The summed E-state index contributed by atoms with van der Waals surface area (Å²) in [6, 6.07) is 1.65. The van der Waals surface area contributed by atoms with Crippen LogP contribution in [0.1, 0.15) is 30.3 Å². The fourth-order valence-electron chi connectivity index (χ4n) is 1.77. The Morgan fingerprint density at radius 2 is 2.26 bits per heavy atom. The molecule has 0 spiro atoms. The summed E-state index contributed by atoms with van der Waals surface area (Å²) in [4.78, 5) is 30.3. The van der Waals surface area contributed by atoms with Crippen LogP contribution in [0.2, 0.25) is 0 Å². The third-order valence-electron chi connectivity index (χ3n) is 2.96. The SMILES string of the molecule is COC(=O)c1cc(-c2csc(NC(=O)CCC(C)N)n2)c[nH]1.Cl. The number of anilines is 1. The maximum atomic E-state index is 11.7. The van der Waals surface area contributed by atoms with Gasteiger partial charge in [-0.25, -0.2) is 9.78 Å². The van der Waals surface area contributed by atoms with Crippen LogP contribution in [0.3, 0.4) is 0 Å². The maximum Gasteiger partial charge on any atom is 0.354 e. The molecule has 23 heavy (non-hydrogen) atoms. The highest BCUT2D eigenvalue weighted by molar-refractivity contribution is 7.14. The van der Waals surface area contributed by atoms with Gasteiger partial charge in [0.15, 0.2) is 5.13 Å². The normalized spacial score (nSPS) is 11.4. The van der Waals surface area contributed by atoms with Crippen molar-refractivity contribution in [3.8, 4) is 11.3 Å². The lowest BCUT2D eigenvalue weighted by atomic mass is 10.2. The molecular formula is C14H19ClN4O3S. The molecule has 1 atom stereocenters. The maximum absolute atomic E-state index is 11.7. The van der Waals surface area contributed by atoms with E-state index in [0.717, 1.165) is 5.56 Å². The first-order valence-corrected chi connectivity index (χ1v) is 7.65. The number of amides is 1. The highest BCUT2D eigenvalue weighted by Gasteiger charge is 2.13. The van der Waals surface area contributed by atoms with Gasteiger partial charge in [-0.05, 0) is 19.4 Å². The summed E-state index contributed by atoms with van der Waals surface area (Å²) < 4.78 is 4.63. The Kier molecular flexibility index (Phi) is 7.21. The number of H-pyrrole nitrogens is 1. The lowest BCUT2D eigenvalue weighted by Gasteiger charge is -2.04. The zero-order valence-electron chi connectivity index (χ0n) is 12.8. The van der Waals surface area contributed by atoms with E-state index in [2.05, 4.69) is 20.0 Å². The number of halogens is 1. The Morgan fingerprint density at radius 1 is 1.52 bits per heavy atom. The Labute approximate surface area is 144 Å². The molecule has 2 aromatic heterocycles. The van der Waals surface area contributed by atoms with E-state index in [9.17, 15) is 9.59 Å². The number of carbonyl (C=O) groups excluding carboxylic acids is 2. The van der Waals surface area contributed by atoms with Crippen LogP contribution in [0.4, 0.5) is 5.13 Å². The van der Waals surface area contributed by atoms with Crippen LogP contribution in [0, 0.1) is 0 Å². The van der Waals surface area contributed by atoms with Crippen molar-refractivity contribution >= 4 is 40.8 Å². The fraction of sp³-hybridized carbons (Fsp3) is 0.357. The molecule has 0 radical (unpaired) electrons. The molecule has 0 saturated carbocycles. The number of nitrogens with zero attached hydrogens (tertiary/aromatic N) is 1. The van der Waals surface area contributed by atoms with E-state index >= 15 is 0 Å². The number of aromatic nitrogens is 2. The Morgan fingerprint density at radius 3 is 2.91 bits per heavy atom. The van der Waals surface area contributed by atoms with Crippen molar-refractivity contribution < 1.29 is 14.3 Å². The third kappa shape index (κ3) is 5.34. The molecule has 1 unspecified atom stereocenters. The third-order valence-corrected chi connectivity index (χ3v) is 3.72. The summed E-state index contributed by atoms with van der Waals surface area (Å²) in [5.41, 5.74) is 7.41. The highest BCUT2D eigenvalue weighted by atomic mass is 35.5. The lowest BCUT2D eigenvalue weighted by molar-refractivity contribution is -0.116. The monoisotopic (exact) mass is 358 g/mol. The van der Waals surface area contributed by atoms with Gasteiger partial charge in [0.1, 0.15) is 5.69 Å². The van der Waals surface area contributed by atoms with Gasteiger partial charge in [-0.2, -0.15) is 0 Å². The second-order valence-electron chi connectivity index (χ2n) is 4.90. The molecule has 2 heterocycles. The van der Waals surface area contributed by atoms with Crippen molar-refractivity contribution in [1.29, 1.82) is 0 Å². The van der Waals surface area contributed by atoms with Crippen LogP contribution in [0.25, 0.3) is 11.3 Å². The van der Waals surface area contributed by atoms with Crippen LogP contribution in [-0.2, 0) is 9.53 Å². The summed E-state index contributed by atoms with van der Waals surface area (Å²) in [5.74, 6) is -0.548. The second kappa shape index (κ2) is 8.66. The van der Waals surface area contributed by atoms with E-state index in [0.29, 0.717) is 29.4 Å². The summed E-state index contributed by atoms with van der Waals surface area (Å²) in [7, 11) is 1.32. The first-order valence-electron chi connectivity index (χ1n) is 6.77. The molecule has 0 saturated heterocycles. The fourth-order valence-corrected chi connectivity index (χ4v) is 2.51. The number of rotatable bonds is 6. The minimum absolute atomic E-state index is 0. The average molecular weight is 359 g/mol. The molecule has 126 valence electrons. The number of hydrogen-bond donors (Lipinski definition) is 3. The van der Waals surface area contributed by atoms with E-state index < -0.39 is 5.97 Å². The molecule has 0 fully saturated rings. The average Bonchev–Trinajstić information content (AvgIpc) is 3.13. The Hall–Kier alpha value is -1.90. The summed E-state index contributed by atoms with van der Waals surface area (Å²) in [6.07, 6.45) is 2.66. The predicted molar refractivity (Wildman–Crippen MR) is 92.0 cm³/mol. The number of nitrogens with two attached hydrogens (primary N) is 1. The molecule has 0 aliphatic carbocycles. The van der Waals surface area contributed by atoms with Crippen LogP contribution in [0.5, 0.6) is 0 Å². The van der Waals surface area contributed by atoms with Crippen LogP contribution >= 0.6 is 23.7 Å². The van der Waals surface area contributed by atoms with Gasteiger partial charge in [0, 0.05) is 29.6 Å². The summed E-state index contributed by atoms with van der Waals surface area (Å²) in [5, 5.41) is 5.07. The molecule has 1 amide bonds. The zero-order valence-corrected chi connectivity index (χ0v) is 14.4. The van der Waals surface area contributed by atoms with Crippen molar-refractivity contribution in [3.63, 3.8) is 0 Å². The van der Waals surface area contributed by atoms with Crippen molar-refractivity contribution in [2.24, 2.45) is 5.73 Å². The van der Waals surface area contributed by atoms with Gasteiger partial charge in [0.2, 0.25) is 5.91 Å². The Bertz CT molecular complexity index is 669. The smallest absolute Gasteiger partial charge is 0.354 e. The number of ether oxygens (including phenoxy) is 1. The van der Waals surface area contributed by atoms with Crippen molar-refractivity contribution in [3.05, 3.63) is 23.3 Å². The molecule has 4 N–H and O–H groups in total. The minimum atomic E-state index is -0.439. The van der Waals surface area contributed by atoms with E-state index in [1.807, 2.05) is 12.3 Å². The van der Waals surface area contributed by atoms with Gasteiger partial charge < -0.3 is 20.8 Å². The molecule has 0 aliphatic rings. The number of carbonyl (C=O) groups is 2. The molecule has 7 nitrogen and oxygen atoms in total. The quantitative estimate of drug-likeness (QED) is 0.687. The standard InChI is InChI=1S/C14H18N4O3S.ClH/c1-8(15)3-4-12(19)18-14-17-11(7-22-14)9-5-10(16-6-9)13(20)21-2;/h5-8,16H,3-4,15H2,1-2H3,(H,17,18,19);1H. The van der Waals surface area contributed by atoms with Gasteiger partial charge >= 0.3 is 5.97 Å². The van der Waals surface area contributed by atoms with Gasteiger partial charge in [0.25, 0.3) is 0 Å². The number of esters is 1. The van der Waals surface area contributed by atoms with Gasteiger partial charge in [-0.1, -0.05) is 0 Å². The van der Waals surface area contributed by atoms with Crippen LogP contribution in [-0.4, -0.2) is 35.0 Å². The number of aromatic amines is 1. The van der Waals surface area contributed by atoms with Crippen molar-refractivity contribution in [2.45, 2.75) is 25.8 Å². The molecule has 0 aromatic carbocycles. The number of methoxy groups -OCH3 is 1. The number of nitrogens with one attached hydrogen (secondary N) is 2. The van der Waals surface area contributed by atoms with Crippen molar-refractivity contribution in [1.82, 2.24) is 9.97 Å². The highest BCUT2D eigenvalue weighted by Crippen LogP contribution is 2.25. The largest absolute Gasteiger partial charge is 0.464 e. The molecule has 2 aromatic rings. The first kappa shape index (κ1) is 19.1. The van der Waals surface area contributed by atoms with E-state index in [1.165, 1.54) is 18.4 Å². The molecule has 0 bridgehead atoms. The minimum Gasteiger partial charge on any atom is -0.464 e. The lowest BCUT2D eigenvalue weighted by Crippen LogP contribution is -2.19. The Balaban J connectivity index is 0.00000264. The summed E-state index contributed by atoms with van der Waals surface area (Å²) >= 11 is 1.33. The molecule has 9 heteroatoms. The van der Waals surface area contributed by atoms with E-state index in [4.69, 9.17) is 5.73 Å². The zero-order chi connectivity index (χ0) is 16.1. The topological polar surface area (TPSA) is 110 Å². The molecule has 2 rings (SSSR count). The summed E-state index contributed by atoms with van der Waals surface area (Å²) in [6.45, 7) is 1.86. The molecular weight excluding hydrogens is 340 g/mol. The second-order valence-corrected chi connectivity index (χ2v) is 5.75.